The van der Waals surface area contributed by atoms with E-state index in [1.54, 1.807) is 34.3 Å². The van der Waals surface area contributed by atoms with E-state index in [2.05, 4.69) is 4.98 Å². The number of nitrogens with zero attached hydrogens (tertiary/aromatic N) is 3. The summed E-state index contributed by atoms with van der Waals surface area (Å²) in [5.41, 5.74) is 1.39. The van der Waals surface area contributed by atoms with Crippen LogP contribution in [0.15, 0.2) is 54.9 Å². The van der Waals surface area contributed by atoms with Gasteiger partial charge in [-0.05, 0) is 24.3 Å². The molecule has 0 bridgehead atoms. The number of anilines is 1. The summed E-state index contributed by atoms with van der Waals surface area (Å²) in [6, 6.07) is 12.9. The summed E-state index contributed by atoms with van der Waals surface area (Å²) in [6.07, 6.45) is 3.04. The van der Waals surface area contributed by atoms with Crippen LogP contribution in [-0.4, -0.2) is 53.5 Å². The molecule has 0 unspecified atom stereocenters. The molecule has 122 valence electrons. The first-order valence-corrected chi connectivity index (χ1v) is 7.92. The summed E-state index contributed by atoms with van der Waals surface area (Å²) < 4.78 is 5.68. The van der Waals surface area contributed by atoms with Crippen molar-refractivity contribution in [1.82, 2.24) is 9.88 Å². The van der Waals surface area contributed by atoms with Crippen molar-refractivity contribution in [3.05, 3.63) is 60.4 Å². The maximum absolute atomic E-state index is 12.6. The number of para-hydroxylation sites is 1. The maximum Gasteiger partial charge on any atom is 0.255 e. The predicted octanol–water partition coefficient (Wildman–Crippen LogP) is 1.34. The molecule has 4 rings (SSSR count). The predicted molar refractivity (Wildman–Crippen MR) is 87.6 cm³/mol. The average Bonchev–Trinajstić information content (AvgIpc) is 3.06. The summed E-state index contributed by atoms with van der Waals surface area (Å²) in [6.45, 7) is 0.985. The Morgan fingerprint density at radius 1 is 1.12 bits per heavy atom. The van der Waals surface area contributed by atoms with Crippen LogP contribution >= 0.6 is 0 Å². The highest BCUT2D eigenvalue weighted by molar-refractivity contribution is 5.97. The molecule has 2 saturated heterocycles. The van der Waals surface area contributed by atoms with Crippen molar-refractivity contribution in [2.24, 2.45) is 0 Å². The van der Waals surface area contributed by atoms with E-state index in [4.69, 9.17) is 4.74 Å². The summed E-state index contributed by atoms with van der Waals surface area (Å²) in [5, 5.41) is 0. The number of rotatable bonds is 2. The molecule has 24 heavy (non-hydrogen) atoms. The molecule has 2 aliphatic heterocycles. The number of amides is 2. The third-order valence-corrected chi connectivity index (χ3v) is 4.49. The molecular formula is C18H17N3O3. The Bertz CT molecular complexity index is 751. The zero-order valence-electron chi connectivity index (χ0n) is 13.0. The lowest BCUT2D eigenvalue weighted by Crippen LogP contribution is -2.54. The Balaban J connectivity index is 1.59. The normalized spacial score (nSPS) is 23.2. The molecule has 0 radical (unpaired) electrons. The van der Waals surface area contributed by atoms with Crippen LogP contribution in [0, 0.1) is 0 Å². The number of benzene rings is 1. The van der Waals surface area contributed by atoms with E-state index in [9.17, 15) is 9.59 Å². The van der Waals surface area contributed by atoms with E-state index < -0.39 is 0 Å². The van der Waals surface area contributed by atoms with Crippen LogP contribution in [-0.2, 0) is 9.53 Å². The Morgan fingerprint density at radius 3 is 2.71 bits per heavy atom. The zero-order valence-corrected chi connectivity index (χ0v) is 13.0. The minimum atomic E-state index is -0.163. The van der Waals surface area contributed by atoms with E-state index in [0.717, 1.165) is 5.69 Å². The molecule has 0 N–H and O–H groups in total. The van der Waals surface area contributed by atoms with Crippen molar-refractivity contribution in [2.75, 3.05) is 24.6 Å². The molecule has 2 amide bonds. The van der Waals surface area contributed by atoms with Gasteiger partial charge in [-0.15, -0.1) is 0 Å². The van der Waals surface area contributed by atoms with Gasteiger partial charge in [-0.3, -0.25) is 14.6 Å². The minimum Gasteiger partial charge on any atom is -0.364 e. The lowest BCUT2D eigenvalue weighted by molar-refractivity contribution is -0.130. The Labute approximate surface area is 139 Å². The van der Waals surface area contributed by atoms with Crippen molar-refractivity contribution >= 4 is 17.5 Å². The lowest BCUT2D eigenvalue weighted by Gasteiger charge is -2.36. The highest BCUT2D eigenvalue weighted by Crippen LogP contribution is 2.29. The summed E-state index contributed by atoms with van der Waals surface area (Å²) in [7, 11) is 0. The summed E-state index contributed by atoms with van der Waals surface area (Å²) in [4.78, 5) is 32.5. The highest BCUT2D eigenvalue weighted by atomic mass is 16.5. The second-order valence-corrected chi connectivity index (χ2v) is 5.97. The van der Waals surface area contributed by atoms with Crippen LogP contribution in [0.25, 0.3) is 0 Å². The second kappa shape index (κ2) is 6.05. The van der Waals surface area contributed by atoms with Gasteiger partial charge in [0.1, 0.15) is 6.61 Å². The number of carbonyl (C=O) groups excluding carboxylic acids is 2. The van der Waals surface area contributed by atoms with E-state index in [1.807, 2.05) is 30.3 Å². The molecule has 1 aromatic carbocycles. The largest absolute Gasteiger partial charge is 0.364 e. The standard InChI is InChI=1S/C18H17N3O3/c22-17-12-24-16-11-20(18(23)13-5-4-8-19-9-13)10-15(16)21(17)14-6-2-1-3-7-14/h1-9,15-16H,10-12H2/t15-,16+/m1/s1. The molecule has 0 saturated carbocycles. The van der Waals surface area contributed by atoms with Crippen molar-refractivity contribution in [3.8, 4) is 0 Å². The molecule has 3 heterocycles. The van der Waals surface area contributed by atoms with E-state index in [1.165, 1.54) is 0 Å². The van der Waals surface area contributed by atoms with Crippen LogP contribution < -0.4 is 4.90 Å². The number of aromatic nitrogens is 1. The summed E-state index contributed by atoms with van der Waals surface area (Å²) in [5.74, 6) is -0.153. The Kier molecular flexibility index (Phi) is 3.74. The molecule has 0 aliphatic carbocycles. The number of pyridine rings is 1. The van der Waals surface area contributed by atoms with Gasteiger partial charge in [0.05, 0.1) is 17.7 Å². The lowest BCUT2D eigenvalue weighted by atomic mass is 10.1. The van der Waals surface area contributed by atoms with Crippen molar-refractivity contribution < 1.29 is 14.3 Å². The zero-order chi connectivity index (χ0) is 16.5. The third-order valence-electron chi connectivity index (χ3n) is 4.49. The van der Waals surface area contributed by atoms with Gasteiger partial charge in [-0.2, -0.15) is 0 Å². The smallest absolute Gasteiger partial charge is 0.255 e. The topological polar surface area (TPSA) is 62.7 Å². The van der Waals surface area contributed by atoms with Crippen molar-refractivity contribution in [3.63, 3.8) is 0 Å². The first-order chi connectivity index (χ1) is 11.7. The first kappa shape index (κ1) is 14.8. The SMILES string of the molecule is O=C(c1cccnc1)N1C[C@@H]2OCC(=O)N(c3ccccc3)[C@@H]2C1. The number of hydrogen-bond donors (Lipinski definition) is 0. The van der Waals surface area contributed by atoms with Gasteiger partial charge < -0.3 is 14.5 Å². The van der Waals surface area contributed by atoms with Gasteiger partial charge in [0.15, 0.2) is 0 Å². The fourth-order valence-electron chi connectivity index (χ4n) is 3.36. The minimum absolute atomic E-state index is 0.0466. The highest BCUT2D eigenvalue weighted by Gasteiger charge is 2.45. The Morgan fingerprint density at radius 2 is 1.96 bits per heavy atom. The number of morpholine rings is 1. The van der Waals surface area contributed by atoms with Crippen LogP contribution in [0.3, 0.4) is 0 Å². The van der Waals surface area contributed by atoms with Gasteiger partial charge in [0, 0.05) is 31.2 Å². The van der Waals surface area contributed by atoms with Crippen LogP contribution in [0.4, 0.5) is 5.69 Å². The van der Waals surface area contributed by atoms with Gasteiger partial charge in [0.2, 0.25) is 0 Å². The summed E-state index contributed by atoms with van der Waals surface area (Å²) >= 11 is 0. The molecule has 1 aromatic heterocycles. The molecular weight excluding hydrogens is 306 g/mol. The van der Waals surface area contributed by atoms with E-state index in [0.29, 0.717) is 18.7 Å². The maximum atomic E-state index is 12.6. The van der Waals surface area contributed by atoms with Gasteiger partial charge >= 0.3 is 0 Å². The monoisotopic (exact) mass is 323 g/mol. The van der Waals surface area contributed by atoms with Gasteiger partial charge in [0.25, 0.3) is 11.8 Å². The average molecular weight is 323 g/mol. The molecule has 2 fully saturated rings. The molecule has 2 aliphatic rings. The number of hydrogen-bond acceptors (Lipinski definition) is 4. The van der Waals surface area contributed by atoms with E-state index in [-0.39, 0.29) is 30.6 Å². The fourth-order valence-corrected chi connectivity index (χ4v) is 3.36. The molecule has 6 nitrogen and oxygen atoms in total. The number of carbonyl (C=O) groups is 2. The van der Waals surface area contributed by atoms with Crippen LogP contribution in [0.5, 0.6) is 0 Å². The van der Waals surface area contributed by atoms with Crippen molar-refractivity contribution in [2.45, 2.75) is 12.1 Å². The quantitative estimate of drug-likeness (QED) is 0.837. The van der Waals surface area contributed by atoms with Gasteiger partial charge in [-0.25, -0.2) is 0 Å². The number of likely N-dealkylation sites (tertiary alicyclic amines) is 1. The molecule has 2 aromatic rings. The fraction of sp³-hybridized carbons (Fsp3) is 0.278. The second-order valence-electron chi connectivity index (χ2n) is 5.97. The molecule has 6 heteroatoms. The van der Waals surface area contributed by atoms with Crippen molar-refractivity contribution in [1.29, 1.82) is 0 Å². The van der Waals surface area contributed by atoms with E-state index >= 15 is 0 Å². The van der Waals surface area contributed by atoms with Gasteiger partial charge in [-0.1, -0.05) is 18.2 Å². The Hall–Kier alpha value is -2.73. The number of fused-ring (bicyclic) bond motifs is 1. The van der Waals surface area contributed by atoms with Crippen LogP contribution in [0.2, 0.25) is 0 Å². The molecule has 0 spiro atoms. The van der Waals surface area contributed by atoms with Crippen LogP contribution in [0.1, 0.15) is 10.4 Å². The third kappa shape index (κ3) is 2.55. The molecule has 2 atom stereocenters. The number of ether oxygens (including phenoxy) is 1. The first-order valence-electron chi connectivity index (χ1n) is 7.92.